The van der Waals surface area contributed by atoms with Crippen molar-refractivity contribution >= 4 is 36.1 Å². The minimum atomic E-state index is -1.66. The van der Waals surface area contributed by atoms with Crippen molar-refractivity contribution in [3.8, 4) is 23.0 Å². The maximum Gasteiger partial charge on any atom is 2.00 e. The number of benzene rings is 4. The molecule has 4 aromatic carbocycles. The van der Waals surface area contributed by atoms with E-state index in [1.165, 1.54) is 22.3 Å². The Morgan fingerprint density at radius 3 is 0.984 bits per heavy atom. The Balaban J connectivity index is 0.000000454. The van der Waals surface area contributed by atoms with E-state index in [0.29, 0.717) is 11.1 Å². The third-order valence-corrected chi connectivity index (χ3v) is 10.1. The fourth-order valence-corrected chi connectivity index (χ4v) is 7.06. The molecule has 0 radical (unpaired) electrons. The van der Waals surface area contributed by atoms with Crippen LogP contribution in [-0.4, -0.2) is 35.0 Å². The van der Waals surface area contributed by atoms with Gasteiger partial charge in [0.05, 0.1) is 22.9 Å². The number of ether oxygens (including phenoxy) is 2. The molecule has 0 fully saturated rings. The third kappa shape index (κ3) is 14.8. The molecule has 0 aliphatic heterocycles. The molecule has 0 unspecified atom stereocenters. The summed E-state index contributed by atoms with van der Waals surface area (Å²) in [5.74, 6) is 0.512. The average Bonchev–Trinajstić information content (AvgIpc) is 3.12. The number of carbonyl (C=O) groups excluding carboxylic acids is 2. The summed E-state index contributed by atoms with van der Waals surface area (Å²) in [7, 11) is 0. The van der Waals surface area contributed by atoms with Gasteiger partial charge in [0.15, 0.2) is 0 Å². The van der Waals surface area contributed by atoms with Gasteiger partial charge in [-0.1, -0.05) is 132 Å². The number of hydrogen-bond acceptors (Lipinski definition) is 10. The molecule has 61 heavy (non-hydrogen) atoms. The predicted molar refractivity (Wildman–Crippen MR) is 241 cm³/mol. The van der Waals surface area contributed by atoms with Crippen LogP contribution >= 0.6 is 0 Å². The molecule has 0 heterocycles. The van der Waals surface area contributed by atoms with Crippen LogP contribution in [0.3, 0.4) is 0 Å². The molecule has 11 heteroatoms. The van der Waals surface area contributed by atoms with Gasteiger partial charge in [-0.05, 0) is 108 Å². The van der Waals surface area contributed by atoms with Crippen LogP contribution in [0.2, 0.25) is 0 Å². The number of para-hydroxylation sites is 2. The molecule has 0 aliphatic carbocycles. The van der Waals surface area contributed by atoms with E-state index < -0.39 is 12.3 Å². The molecule has 2 N–H and O–H groups in total. The largest absolute Gasteiger partial charge is 2.00 e. The predicted octanol–water partition coefficient (Wildman–Crippen LogP) is 12.0. The second kappa shape index (κ2) is 24.3. The Bertz CT molecular complexity index is 1970. The van der Waals surface area contributed by atoms with Crippen molar-refractivity contribution in [2.75, 3.05) is 0 Å². The molecular formula is C50H66N2NiO8. The van der Waals surface area contributed by atoms with Crippen LogP contribution in [0.15, 0.2) is 58.5 Å². The van der Waals surface area contributed by atoms with E-state index in [0.717, 1.165) is 33.6 Å². The number of hydrogen-bond donors (Lipinski definition) is 2. The van der Waals surface area contributed by atoms with Crippen LogP contribution in [0.4, 0.5) is 21.0 Å². The van der Waals surface area contributed by atoms with Crippen molar-refractivity contribution in [3.63, 3.8) is 0 Å². The second-order valence-corrected chi connectivity index (χ2v) is 17.0. The number of rotatable bonds is 11. The first kappa shape index (κ1) is 53.9. The molecule has 0 aromatic heterocycles. The van der Waals surface area contributed by atoms with Crippen LogP contribution in [0.5, 0.6) is 23.0 Å². The van der Waals surface area contributed by atoms with Crippen LogP contribution in [0.1, 0.15) is 174 Å². The van der Waals surface area contributed by atoms with Crippen molar-refractivity contribution in [1.82, 2.24) is 0 Å². The van der Waals surface area contributed by atoms with E-state index in [1.807, 2.05) is 95.2 Å². The number of phenolic OH excluding ortho intramolecular Hbond substituents is 2. The monoisotopic (exact) mass is 880 g/mol. The molecule has 4 rings (SSSR count). The molecule has 0 saturated heterocycles. The number of aromatic hydroxyl groups is 2. The third-order valence-electron chi connectivity index (χ3n) is 10.1. The minimum Gasteiger partial charge on any atom is -0.510 e. The molecule has 334 valence electrons. The van der Waals surface area contributed by atoms with E-state index in [-0.39, 0.29) is 75.0 Å². The van der Waals surface area contributed by atoms with Crippen molar-refractivity contribution < 1.29 is 56.0 Å². The summed E-state index contributed by atoms with van der Waals surface area (Å²) in [5.41, 5.74) is 11.7. The first-order chi connectivity index (χ1) is 27.9. The number of nitrogens with zero attached hydrogens (tertiary/aromatic N) is 2. The summed E-state index contributed by atoms with van der Waals surface area (Å²) in [5, 5.41) is 42.4. The molecule has 4 aromatic rings. The Kier molecular flexibility index (Phi) is 21.5. The molecule has 0 saturated carbocycles. The standard InChI is InChI=1S/C18H20N2.2C16H24O4.Ni/c1-13-7-5-8-14(2)17(13)19-11-12-20-18-15(3)9-6-10-16(18)4;2*1-8(2)11-7-12(9(3)4)15(20-16(18)19)14(17)13(11)10(5)6;/h5-12H,1-4H3;2*7-10,17H,1-6H3,(H,18,19);/q;;;+2/p-2. The number of carboxylic acid groups (broad SMARTS) is 2. The van der Waals surface area contributed by atoms with Gasteiger partial charge in [-0.25, -0.2) is 0 Å². The van der Waals surface area contributed by atoms with Gasteiger partial charge in [-0.2, -0.15) is 0 Å². The van der Waals surface area contributed by atoms with Gasteiger partial charge >= 0.3 is 16.5 Å². The van der Waals surface area contributed by atoms with E-state index in [2.05, 4.69) is 74.1 Å². The van der Waals surface area contributed by atoms with Gasteiger partial charge in [0.25, 0.3) is 12.3 Å². The van der Waals surface area contributed by atoms with Crippen molar-refractivity contribution in [1.29, 1.82) is 0 Å². The van der Waals surface area contributed by atoms with Crippen molar-refractivity contribution in [2.45, 2.75) is 146 Å². The maximum atomic E-state index is 10.8. The zero-order chi connectivity index (χ0) is 45.8. The first-order valence-corrected chi connectivity index (χ1v) is 20.7. The maximum absolute atomic E-state index is 10.8. The smallest absolute Gasteiger partial charge is 0.510 e. The normalized spacial score (nSPS) is 11.3. The van der Waals surface area contributed by atoms with Crippen LogP contribution in [0, 0.1) is 27.7 Å². The summed E-state index contributed by atoms with van der Waals surface area (Å²) in [6.07, 6.45) is 0.214. The quantitative estimate of drug-likeness (QED) is 0.0650. The van der Waals surface area contributed by atoms with E-state index in [4.69, 9.17) is 9.47 Å². The topological polar surface area (TPSA) is 164 Å². The number of aryl methyl sites for hydroxylation is 4. The molecule has 0 spiro atoms. The van der Waals surface area contributed by atoms with Crippen LogP contribution in [-0.2, 0) is 16.5 Å². The number of aliphatic imine (C=N–C) groups is 2. The van der Waals surface area contributed by atoms with E-state index in [9.17, 15) is 30.0 Å². The zero-order valence-corrected chi connectivity index (χ0v) is 39.8. The molecule has 0 aliphatic rings. The van der Waals surface area contributed by atoms with E-state index >= 15 is 0 Å². The second-order valence-electron chi connectivity index (χ2n) is 17.0. The van der Waals surface area contributed by atoms with Gasteiger partial charge in [0.2, 0.25) is 0 Å². The van der Waals surface area contributed by atoms with Gasteiger partial charge in [0, 0.05) is 23.6 Å². The molecular weight excluding hydrogens is 815 g/mol. The van der Waals surface area contributed by atoms with Crippen LogP contribution in [0.25, 0.3) is 0 Å². The SMILES string of the molecule is CC(C)c1cc(C(C)C)c(C(C)C)c(O)c1OC(=O)[O-].CC(C)c1cc(C(C)C)c(C(C)C)c(O)c1OC(=O)[O-].Cc1cccc(C)c1N=CC=Nc1c(C)cccc1C.[Ni+2]. The summed E-state index contributed by atoms with van der Waals surface area (Å²) < 4.78 is 9.44. The van der Waals surface area contributed by atoms with Gasteiger partial charge < -0.3 is 39.5 Å². The minimum absolute atomic E-state index is 0. The summed E-state index contributed by atoms with van der Waals surface area (Å²) in [6.45, 7) is 32.0. The Hall–Kier alpha value is -5.15. The van der Waals surface area contributed by atoms with Gasteiger partial charge in [0.1, 0.15) is 11.5 Å². The Morgan fingerprint density at radius 2 is 0.770 bits per heavy atom. The molecule has 0 bridgehead atoms. The number of carbonyl (C=O) groups is 2. The zero-order valence-electron chi connectivity index (χ0n) is 38.8. The Labute approximate surface area is 374 Å². The molecule has 10 nitrogen and oxygen atoms in total. The summed E-state index contributed by atoms with van der Waals surface area (Å²) >= 11 is 0. The molecule has 0 atom stereocenters. The fraction of sp³-hybridized carbons (Fsp3) is 0.440. The fourth-order valence-electron chi connectivity index (χ4n) is 7.06. The Morgan fingerprint density at radius 1 is 0.508 bits per heavy atom. The summed E-state index contributed by atoms with van der Waals surface area (Å²) in [6, 6.07) is 16.3. The van der Waals surface area contributed by atoms with Crippen LogP contribution < -0.4 is 19.7 Å². The summed E-state index contributed by atoms with van der Waals surface area (Å²) in [4.78, 5) is 30.5. The van der Waals surface area contributed by atoms with Crippen molar-refractivity contribution in [3.05, 3.63) is 104 Å². The average molecular weight is 882 g/mol. The first-order valence-electron chi connectivity index (χ1n) is 20.7. The molecule has 0 amide bonds. The van der Waals surface area contributed by atoms with E-state index in [1.54, 1.807) is 12.4 Å². The van der Waals surface area contributed by atoms with Gasteiger partial charge in [-0.3, -0.25) is 9.98 Å². The number of phenols is 2. The van der Waals surface area contributed by atoms with Crippen molar-refractivity contribution in [2.24, 2.45) is 9.98 Å². The van der Waals surface area contributed by atoms with Gasteiger partial charge in [-0.15, -0.1) is 0 Å².